The summed E-state index contributed by atoms with van der Waals surface area (Å²) in [6.07, 6.45) is 0.344. The van der Waals surface area contributed by atoms with E-state index in [1.54, 1.807) is 18.3 Å². The molecular formula is C47H49N3O2Pt. The first-order valence-corrected chi connectivity index (χ1v) is 18.0. The summed E-state index contributed by atoms with van der Waals surface area (Å²) >= 11 is 0. The van der Waals surface area contributed by atoms with E-state index < -0.39 is 24.4 Å². The Hall–Kier alpha value is -4.21. The van der Waals surface area contributed by atoms with Gasteiger partial charge in [0.2, 0.25) is 0 Å². The standard InChI is InChI=1S/C47H49N3O2.Pt/c1-28-12-17-40-38(22-28)37-15-14-34(27-41(37)50(40)42-26-32(19-21-48-42)44(4,5)6)51-35-24-31(23-33(25-35)45(7,8)9)43-49-47(11)39-16-13-29(2)30(3)36(39)18-20-46(47,10)52-43;/h12-17,19,21-23,25-26H,18,20H2,1-11H3;/q-2;+2/t46-,47+;/m0./s1/i1D3,18D2;. The largest absolute Gasteiger partial charge is 2.00 e. The molecule has 274 valence electrons. The summed E-state index contributed by atoms with van der Waals surface area (Å²) in [4.78, 5) is 10.1. The van der Waals surface area contributed by atoms with Crippen LogP contribution in [-0.4, -0.2) is 21.0 Å². The molecule has 0 bridgehead atoms. The molecule has 0 fully saturated rings. The van der Waals surface area contributed by atoms with Crippen LogP contribution in [0.3, 0.4) is 0 Å². The molecule has 0 saturated heterocycles. The zero-order chi connectivity index (χ0) is 41.2. The summed E-state index contributed by atoms with van der Waals surface area (Å²) in [5.74, 6) is 1.98. The van der Waals surface area contributed by atoms with Crippen molar-refractivity contribution in [2.75, 3.05) is 0 Å². The van der Waals surface area contributed by atoms with E-state index in [-0.39, 0.29) is 43.9 Å². The van der Waals surface area contributed by atoms with Crippen LogP contribution in [0.1, 0.15) is 113 Å². The van der Waals surface area contributed by atoms with Gasteiger partial charge < -0.3 is 14.0 Å². The Balaban J connectivity index is 0.00000512. The first-order chi connectivity index (χ1) is 26.4. The topological polar surface area (TPSA) is 48.6 Å². The van der Waals surface area contributed by atoms with Crippen LogP contribution in [0.2, 0.25) is 0 Å². The molecule has 53 heavy (non-hydrogen) atoms. The maximum Gasteiger partial charge on any atom is 2.00 e. The van der Waals surface area contributed by atoms with Crippen LogP contribution in [0.25, 0.3) is 27.6 Å². The molecule has 0 unspecified atom stereocenters. The third-order valence-electron chi connectivity index (χ3n) is 11.2. The second-order valence-corrected chi connectivity index (χ2v) is 16.9. The molecule has 3 heterocycles. The number of hydrogen-bond acceptors (Lipinski definition) is 4. The van der Waals surface area contributed by atoms with Crippen LogP contribution in [0.15, 0.2) is 77.9 Å². The number of aromatic nitrogens is 2. The van der Waals surface area contributed by atoms with Gasteiger partial charge in [0.15, 0.2) is 0 Å². The van der Waals surface area contributed by atoms with Crippen molar-refractivity contribution in [2.24, 2.45) is 4.99 Å². The minimum Gasteiger partial charge on any atom is -0.511 e. The Morgan fingerprint density at radius 3 is 2.38 bits per heavy atom. The average molecular weight is 888 g/mol. The number of nitrogens with zero attached hydrogens (tertiary/aromatic N) is 3. The Bertz CT molecular complexity index is 2670. The van der Waals surface area contributed by atoms with Crippen molar-refractivity contribution in [3.63, 3.8) is 0 Å². The molecule has 2 aromatic heterocycles. The van der Waals surface area contributed by atoms with E-state index in [9.17, 15) is 0 Å². The number of pyridine rings is 1. The Morgan fingerprint density at radius 2 is 1.64 bits per heavy atom. The number of fused-ring (bicyclic) bond motifs is 6. The van der Waals surface area contributed by atoms with Crippen molar-refractivity contribution in [2.45, 2.75) is 111 Å². The van der Waals surface area contributed by atoms with Crippen LogP contribution in [0.4, 0.5) is 0 Å². The Morgan fingerprint density at radius 1 is 0.868 bits per heavy atom. The minimum absolute atomic E-state index is 0. The zero-order valence-electron chi connectivity index (χ0n) is 37.1. The maximum atomic E-state index is 9.17. The van der Waals surface area contributed by atoms with Crippen LogP contribution >= 0.6 is 0 Å². The van der Waals surface area contributed by atoms with E-state index >= 15 is 0 Å². The molecule has 8 rings (SSSR count). The van der Waals surface area contributed by atoms with Gasteiger partial charge in [-0.1, -0.05) is 94.6 Å². The molecular weight excluding hydrogens is 834 g/mol. The number of aliphatic imine (C=N–C) groups is 1. The SMILES string of the molecule is [2H]C([2H])([2H])c1ccc2c(c1)c1ccc(Oc3[c-]c(C4=N[C@]5(C)c6ccc(C)c(C)c6C([2H])([2H])C[C@]5(C)O4)cc(C(C)(C)C)c3)[c-]c1n2-c1cc(C(C)(C)C)ccn1.[Pt+2]. The van der Waals surface area contributed by atoms with E-state index in [0.29, 0.717) is 39.9 Å². The summed E-state index contributed by atoms with van der Waals surface area (Å²) in [6, 6.07) is 28.1. The fourth-order valence-electron chi connectivity index (χ4n) is 7.53. The predicted molar refractivity (Wildman–Crippen MR) is 213 cm³/mol. The molecule has 2 aliphatic rings. The van der Waals surface area contributed by atoms with Gasteiger partial charge in [0.25, 0.3) is 0 Å². The Labute approximate surface area is 336 Å². The molecule has 1 aliphatic carbocycles. The fourth-order valence-corrected chi connectivity index (χ4v) is 7.53. The van der Waals surface area contributed by atoms with Gasteiger partial charge in [-0.2, -0.15) is 6.07 Å². The molecule has 4 aromatic carbocycles. The van der Waals surface area contributed by atoms with E-state index in [1.165, 1.54) is 0 Å². The quantitative estimate of drug-likeness (QED) is 0.166. The fraction of sp³-hybridized carbons (Fsp3) is 0.362. The summed E-state index contributed by atoms with van der Waals surface area (Å²) in [5.41, 5.74) is 5.84. The zero-order valence-corrected chi connectivity index (χ0v) is 34.4. The van der Waals surface area contributed by atoms with Crippen LogP contribution in [0, 0.1) is 32.8 Å². The third-order valence-corrected chi connectivity index (χ3v) is 11.2. The number of rotatable bonds is 4. The number of aryl methyl sites for hydroxylation is 2. The normalized spacial score (nSPS) is 22.3. The molecule has 0 radical (unpaired) electrons. The van der Waals surface area contributed by atoms with Gasteiger partial charge in [-0.25, -0.2) is 4.98 Å². The second kappa shape index (κ2) is 12.7. The molecule has 6 aromatic rings. The van der Waals surface area contributed by atoms with Crippen LogP contribution in [-0.2, 0) is 48.5 Å². The van der Waals surface area contributed by atoms with Gasteiger partial charge in [0.05, 0.1) is 0 Å². The summed E-state index contributed by atoms with van der Waals surface area (Å²) in [5, 5.41) is 1.60. The number of ether oxygens (including phenoxy) is 2. The van der Waals surface area contributed by atoms with E-state index in [4.69, 9.17) is 26.3 Å². The van der Waals surface area contributed by atoms with Gasteiger partial charge in [-0.3, -0.25) is 4.99 Å². The molecule has 0 spiro atoms. The summed E-state index contributed by atoms with van der Waals surface area (Å²) < 4.78 is 58.1. The monoisotopic (exact) mass is 887 g/mol. The average Bonchev–Trinajstić information content (AvgIpc) is 3.58. The van der Waals surface area contributed by atoms with Crippen LogP contribution < -0.4 is 4.74 Å². The Kier molecular flexibility index (Phi) is 7.46. The van der Waals surface area contributed by atoms with Crippen molar-refractivity contribution >= 4 is 27.7 Å². The molecule has 0 amide bonds. The predicted octanol–water partition coefficient (Wildman–Crippen LogP) is 11.5. The first kappa shape index (κ1) is 31.2. The molecule has 5 nitrogen and oxygen atoms in total. The van der Waals surface area contributed by atoms with Crippen molar-refractivity contribution in [1.29, 1.82) is 0 Å². The second-order valence-electron chi connectivity index (χ2n) is 16.9. The first-order valence-electron chi connectivity index (χ1n) is 20.5. The summed E-state index contributed by atoms with van der Waals surface area (Å²) in [6.45, 7) is 18.6. The molecule has 6 heteroatoms. The van der Waals surface area contributed by atoms with Crippen molar-refractivity contribution < 1.29 is 37.4 Å². The summed E-state index contributed by atoms with van der Waals surface area (Å²) in [7, 11) is 0. The third kappa shape index (κ3) is 6.14. The van der Waals surface area contributed by atoms with E-state index in [2.05, 4.69) is 59.7 Å². The van der Waals surface area contributed by atoms with E-state index in [0.717, 1.165) is 44.1 Å². The van der Waals surface area contributed by atoms with Gasteiger partial charge in [0.1, 0.15) is 22.9 Å². The van der Waals surface area contributed by atoms with Gasteiger partial charge in [0, 0.05) is 30.1 Å². The minimum atomic E-state index is -2.27. The van der Waals surface area contributed by atoms with Gasteiger partial charge >= 0.3 is 21.1 Å². The number of benzene rings is 4. The van der Waals surface area contributed by atoms with Gasteiger partial charge in [-0.15, -0.1) is 29.1 Å². The van der Waals surface area contributed by atoms with Crippen molar-refractivity contribution in [3.05, 3.63) is 130 Å². The molecule has 2 atom stereocenters. The van der Waals surface area contributed by atoms with E-state index in [1.807, 2.05) is 80.8 Å². The van der Waals surface area contributed by atoms with Crippen molar-refractivity contribution in [3.8, 4) is 17.3 Å². The van der Waals surface area contributed by atoms with Crippen LogP contribution in [0.5, 0.6) is 11.5 Å². The molecule has 0 N–H and O–H groups in total. The van der Waals surface area contributed by atoms with Gasteiger partial charge in [-0.05, 0) is 110 Å². The molecule has 0 saturated carbocycles. The maximum absolute atomic E-state index is 9.17. The number of hydrogen-bond donors (Lipinski definition) is 0. The van der Waals surface area contributed by atoms with Crippen molar-refractivity contribution in [1.82, 2.24) is 9.55 Å². The molecule has 1 aliphatic heterocycles. The smallest absolute Gasteiger partial charge is 0.511 e.